The van der Waals surface area contributed by atoms with Crippen LogP contribution in [-0.2, 0) is 0 Å². The predicted octanol–water partition coefficient (Wildman–Crippen LogP) is 3.68. The topological polar surface area (TPSA) is 21.3 Å². The minimum absolute atomic E-state index is 0.171. The molecule has 2 rings (SSSR count). The van der Waals surface area contributed by atoms with Crippen molar-refractivity contribution in [3.63, 3.8) is 0 Å². The molecule has 1 aliphatic carbocycles. The van der Waals surface area contributed by atoms with Crippen molar-refractivity contribution in [2.24, 2.45) is 5.92 Å². The van der Waals surface area contributed by atoms with Gasteiger partial charge in [-0.15, -0.1) is 0 Å². The lowest BCUT2D eigenvalue weighted by molar-refractivity contribution is 0.261. The van der Waals surface area contributed by atoms with Crippen LogP contribution >= 0.6 is 0 Å². The Kier molecular flexibility index (Phi) is 5.20. The molecule has 0 bridgehead atoms. The van der Waals surface area contributed by atoms with E-state index in [-0.39, 0.29) is 5.82 Å². The smallest absolute Gasteiger partial charge is 0.126 e. The molecule has 0 aliphatic heterocycles. The van der Waals surface area contributed by atoms with Gasteiger partial charge in [0.15, 0.2) is 0 Å². The van der Waals surface area contributed by atoms with Crippen LogP contribution in [-0.4, -0.2) is 19.2 Å². The van der Waals surface area contributed by atoms with Crippen LogP contribution in [0.15, 0.2) is 18.2 Å². The number of benzene rings is 1. The summed E-state index contributed by atoms with van der Waals surface area (Å²) in [6.07, 6.45) is 4.98. The van der Waals surface area contributed by atoms with Gasteiger partial charge in [0.2, 0.25) is 0 Å². The summed E-state index contributed by atoms with van der Waals surface area (Å²) in [5.41, 5.74) is 0.642. The van der Waals surface area contributed by atoms with Crippen molar-refractivity contribution in [1.82, 2.24) is 5.32 Å². The molecule has 1 N–H and O–H groups in total. The first-order valence-corrected chi connectivity index (χ1v) is 7.33. The van der Waals surface area contributed by atoms with Gasteiger partial charge in [0.05, 0.1) is 6.61 Å². The molecule has 1 aromatic carbocycles. The molecule has 106 valence electrons. The summed E-state index contributed by atoms with van der Waals surface area (Å²) in [5, 5.41) is 3.55. The Morgan fingerprint density at radius 3 is 2.95 bits per heavy atom. The molecular weight excluding hydrogens is 241 g/mol. The van der Waals surface area contributed by atoms with E-state index < -0.39 is 0 Å². The van der Waals surface area contributed by atoms with E-state index in [0.29, 0.717) is 11.6 Å². The molecule has 0 amide bonds. The summed E-state index contributed by atoms with van der Waals surface area (Å²) in [6.45, 7) is 5.68. The van der Waals surface area contributed by atoms with Crippen molar-refractivity contribution in [3.8, 4) is 5.75 Å². The van der Waals surface area contributed by atoms with Crippen molar-refractivity contribution < 1.29 is 9.13 Å². The van der Waals surface area contributed by atoms with Crippen molar-refractivity contribution >= 4 is 0 Å². The van der Waals surface area contributed by atoms with Crippen molar-refractivity contribution in [1.29, 1.82) is 0 Å². The molecule has 1 aliphatic rings. The maximum Gasteiger partial charge on any atom is 0.126 e. The van der Waals surface area contributed by atoms with Gasteiger partial charge in [-0.25, -0.2) is 4.39 Å². The number of ether oxygens (including phenoxy) is 1. The summed E-state index contributed by atoms with van der Waals surface area (Å²) >= 11 is 0. The molecule has 19 heavy (non-hydrogen) atoms. The quantitative estimate of drug-likeness (QED) is 0.847. The third kappa shape index (κ3) is 3.93. The van der Waals surface area contributed by atoms with Crippen LogP contribution in [0.5, 0.6) is 5.75 Å². The van der Waals surface area contributed by atoms with Crippen LogP contribution in [0.2, 0.25) is 0 Å². The van der Waals surface area contributed by atoms with Crippen molar-refractivity contribution in [3.05, 3.63) is 29.6 Å². The summed E-state index contributed by atoms with van der Waals surface area (Å²) in [5.74, 6) is 1.33. The summed E-state index contributed by atoms with van der Waals surface area (Å²) in [6, 6.07) is 5.61. The number of nitrogens with one attached hydrogen (secondary N) is 1. The van der Waals surface area contributed by atoms with Gasteiger partial charge in [-0.3, -0.25) is 0 Å². The fourth-order valence-electron chi connectivity index (χ4n) is 2.95. The molecule has 0 saturated heterocycles. The molecule has 0 spiro atoms. The van der Waals surface area contributed by atoms with Gasteiger partial charge < -0.3 is 10.1 Å². The molecule has 0 heterocycles. The first-order chi connectivity index (χ1) is 9.20. The van der Waals surface area contributed by atoms with Gasteiger partial charge in [-0.2, -0.15) is 0 Å². The van der Waals surface area contributed by atoms with E-state index in [0.717, 1.165) is 31.2 Å². The van der Waals surface area contributed by atoms with Crippen LogP contribution in [0.1, 0.15) is 38.2 Å². The highest BCUT2D eigenvalue weighted by molar-refractivity contribution is 5.28. The molecular formula is C16H24FNO. The fourth-order valence-corrected chi connectivity index (χ4v) is 2.95. The summed E-state index contributed by atoms with van der Waals surface area (Å²) in [4.78, 5) is 0. The highest BCUT2D eigenvalue weighted by Crippen LogP contribution is 2.28. The third-order valence-corrected chi connectivity index (χ3v) is 4.01. The highest BCUT2D eigenvalue weighted by atomic mass is 19.1. The lowest BCUT2D eigenvalue weighted by Crippen LogP contribution is -2.32. The Labute approximate surface area is 115 Å². The van der Waals surface area contributed by atoms with Crippen LogP contribution in [0.3, 0.4) is 0 Å². The Morgan fingerprint density at radius 2 is 2.21 bits per heavy atom. The van der Waals surface area contributed by atoms with Gasteiger partial charge in [0.1, 0.15) is 11.6 Å². The Hall–Kier alpha value is -1.09. The number of rotatable bonds is 6. The van der Waals surface area contributed by atoms with E-state index in [1.54, 1.807) is 19.1 Å². The molecule has 0 radical (unpaired) electrons. The highest BCUT2D eigenvalue weighted by Gasteiger charge is 2.25. The van der Waals surface area contributed by atoms with E-state index in [2.05, 4.69) is 12.2 Å². The van der Waals surface area contributed by atoms with Crippen molar-refractivity contribution in [2.75, 3.05) is 13.2 Å². The molecule has 1 aromatic rings. The maximum atomic E-state index is 13.1. The first kappa shape index (κ1) is 14.3. The molecule has 2 atom stereocenters. The zero-order chi connectivity index (χ0) is 13.7. The Balaban J connectivity index is 1.78. The average Bonchev–Trinajstić information content (AvgIpc) is 2.82. The van der Waals surface area contributed by atoms with Crippen molar-refractivity contribution in [2.45, 2.75) is 45.6 Å². The molecule has 1 fully saturated rings. The number of hydrogen-bond donors (Lipinski definition) is 1. The normalized spacial score (nSPS) is 22.7. The SMILES string of the molecule is CCNC1CCCC1CCOc1ccc(F)c(C)c1. The minimum Gasteiger partial charge on any atom is -0.494 e. The Morgan fingerprint density at radius 1 is 1.37 bits per heavy atom. The van der Waals surface area contributed by atoms with Crippen LogP contribution in [0, 0.1) is 18.7 Å². The van der Waals surface area contributed by atoms with Gasteiger partial charge in [-0.05, 0) is 62.4 Å². The van der Waals surface area contributed by atoms with E-state index in [1.807, 2.05) is 0 Å². The average molecular weight is 265 g/mol. The Bertz CT molecular complexity index is 408. The second-order valence-electron chi connectivity index (χ2n) is 5.40. The summed E-state index contributed by atoms with van der Waals surface area (Å²) in [7, 11) is 0. The number of halogens is 1. The zero-order valence-corrected chi connectivity index (χ0v) is 11.9. The fraction of sp³-hybridized carbons (Fsp3) is 0.625. The number of hydrogen-bond acceptors (Lipinski definition) is 2. The second-order valence-corrected chi connectivity index (χ2v) is 5.40. The van der Waals surface area contributed by atoms with Gasteiger partial charge in [-0.1, -0.05) is 13.3 Å². The lowest BCUT2D eigenvalue weighted by Gasteiger charge is -2.20. The van der Waals surface area contributed by atoms with Gasteiger partial charge in [0, 0.05) is 6.04 Å². The van der Waals surface area contributed by atoms with Crippen LogP contribution in [0.25, 0.3) is 0 Å². The molecule has 3 heteroatoms. The van der Waals surface area contributed by atoms with E-state index in [1.165, 1.54) is 25.3 Å². The molecule has 2 nitrogen and oxygen atoms in total. The monoisotopic (exact) mass is 265 g/mol. The largest absolute Gasteiger partial charge is 0.494 e. The lowest BCUT2D eigenvalue weighted by atomic mass is 10.00. The van der Waals surface area contributed by atoms with Gasteiger partial charge in [0.25, 0.3) is 0 Å². The molecule has 0 aromatic heterocycles. The maximum absolute atomic E-state index is 13.1. The molecule has 2 unspecified atom stereocenters. The van der Waals surface area contributed by atoms with Crippen LogP contribution in [0.4, 0.5) is 4.39 Å². The second kappa shape index (κ2) is 6.90. The third-order valence-electron chi connectivity index (χ3n) is 4.01. The number of aryl methyl sites for hydroxylation is 1. The minimum atomic E-state index is -0.171. The standard InChI is InChI=1S/C16H24FNO/c1-3-18-16-6-4-5-13(16)9-10-19-14-7-8-15(17)12(2)11-14/h7-8,11,13,16,18H,3-6,9-10H2,1-2H3. The van der Waals surface area contributed by atoms with Gasteiger partial charge >= 0.3 is 0 Å². The zero-order valence-electron chi connectivity index (χ0n) is 11.9. The van der Waals surface area contributed by atoms with Crippen LogP contribution < -0.4 is 10.1 Å². The van der Waals surface area contributed by atoms with E-state index >= 15 is 0 Å². The molecule has 1 saturated carbocycles. The summed E-state index contributed by atoms with van der Waals surface area (Å²) < 4.78 is 18.9. The first-order valence-electron chi connectivity index (χ1n) is 7.33. The predicted molar refractivity (Wildman–Crippen MR) is 76.1 cm³/mol. The van der Waals surface area contributed by atoms with E-state index in [4.69, 9.17) is 4.74 Å². The van der Waals surface area contributed by atoms with E-state index in [9.17, 15) is 4.39 Å².